The van der Waals surface area contributed by atoms with E-state index in [0.717, 1.165) is 45.2 Å². The highest BCUT2D eigenvalue weighted by Gasteiger charge is 2.22. The second kappa shape index (κ2) is 8.29. The van der Waals surface area contributed by atoms with E-state index in [1.54, 1.807) is 11.8 Å². The van der Waals surface area contributed by atoms with Crippen molar-refractivity contribution >= 4 is 40.7 Å². The van der Waals surface area contributed by atoms with Crippen LogP contribution in [0.5, 0.6) is 0 Å². The molecule has 3 nitrogen and oxygen atoms in total. The van der Waals surface area contributed by atoms with E-state index in [0.29, 0.717) is 16.6 Å². The van der Waals surface area contributed by atoms with Crippen LogP contribution < -0.4 is 5.32 Å². The number of hydrogen-bond donors (Lipinski definition) is 1. The first-order valence-electron chi connectivity index (χ1n) is 10.2. The van der Waals surface area contributed by atoms with Crippen molar-refractivity contribution in [1.82, 2.24) is 5.32 Å². The Balaban J connectivity index is 1.58. The Morgan fingerprint density at radius 1 is 0.967 bits per heavy atom. The molecule has 1 aliphatic carbocycles. The minimum absolute atomic E-state index is 0.0176. The number of amides is 1. The number of halogens is 1. The molecule has 1 amide bonds. The van der Waals surface area contributed by atoms with E-state index in [9.17, 15) is 4.79 Å². The van der Waals surface area contributed by atoms with E-state index in [1.807, 2.05) is 54.6 Å². The van der Waals surface area contributed by atoms with Crippen molar-refractivity contribution in [2.75, 3.05) is 0 Å². The fraction of sp³-hybridized carbons (Fsp3) is 0.200. The molecule has 0 radical (unpaired) electrons. The van der Waals surface area contributed by atoms with Crippen LogP contribution in [0.2, 0.25) is 5.02 Å². The molecular formula is C25H21ClN2OS. The van der Waals surface area contributed by atoms with Crippen LogP contribution in [-0.4, -0.2) is 17.7 Å². The van der Waals surface area contributed by atoms with E-state index in [-0.39, 0.29) is 5.91 Å². The van der Waals surface area contributed by atoms with Crippen LogP contribution >= 0.6 is 23.4 Å². The third-order valence-electron chi connectivity index (χ3n) is 5.60. The smallest absolute Gasteiger partial charge is 0.251 e. The summed E-state index contributed by atoms with van der Waals surface area (Å²) in [5, 5.41) is 3.85. The van der Waals surface area contributed by atoms with Gasteiger partial charge in [-0.25, -0.2) is 4.99 Å². The summed E-state index contributed by atoms with van der Waals surface area (Å²) in [5.74, 6) is -0.0176. The highest BCUT2D eigenvalue weighted by atomic mass is 35.5. The van der Waals surface area contributed by atoms with Gasteiger partial charge in [-0.3, -0.25) is 4.79 Å². The van der Waals surface area contributed by atoms with Crippen LogP contribution in [0.4, 0.5) is 5.69 Å². The van der Waals surface area contributed by atoms with Gasteiger partial charge in [0.25, 0.3) is 5.91 Å². The normalized spacial score (nSPS) is 15.7. The monoisotopic (exact) mass is 432 g/mol. The van der Waals surface area contributed by atoms with Crippen LogP contribution in [0, 0.1) is 0 Å². The van der Waals surface area contributed by atoms with E-state index in [4.69, 9.17) is 16.6 Å². The van der Waals surface area contributed by atoms with Crippen LogP contribution in [0.1, 0.15) is 47.2 Å². The van der Waals surface area contributed by atoms with Crippen molar-refractivity contribution in [2.45, 2.75) is 41.5 Å². The molecule has 5 rings (SSSR count). The molecule has 3 aromatic rings. The second-order valence-corrected chi connectivity index (χ2v) is 9.23. The molecule has 0 aromatic heterocycles. The molecule has 1 saturated carbocycles. The van der Waals surface area contributed by atoms with E-state index < -0.39 is 0 Å². The standard InChI is InChI=1S/C25H21ClN2OS/c26-18-7-5-6-16(14-18)24-20-10-3-4-11-22(20)30-23-13-12-17(15-21(23)28-24)25(29)27-19-8-1-2-9-19/h3-7,10-15,19H,1-2,8-9H2,(H,27,29). The van der Waals surface area contributed by atoms with Crippen LogP contribution in [-0.2, 0) is 0 Å². The van der Waals surface area contributed by atoms with Crippen LogP contribution in [0.25, 0.3) is 0 Å². The molecule has 0 bridgehead atoms. The zero-order valence-electron chi connectivity index (χ0n) is 16.4. The van der Waals surface area contributed by atoms with Gasteiger partial charge < -0.3 is 5.32 Å². The molecule has 3 aromatic carbocycles. The predicted octanol–water partition coefficient (Wildman–Crippen LogP) is 6.65. The number of carbonyl (C=O) groups excluding carboxylic acids is 1. The lowest BCUT2D eigenvalue weighted by atomic mass is 10.0. The summed E-state index contributed by atoms with van der Waals surface area (Å²) in [6.07, 6.45) is 4.52. The first-order chi connectivity index (χ1) is 14.7. The second-order valence-electron chi connectivity index (χ2n) is 7.71. The zero-order chi connectivity index (χ0) is 20.5. The summed E-state index contributed by atoms with van der Waals surface area (Å²) in [5.41, 5.74) is 4.36. The molecule has 5 heteroatoms. The Kier molecular flexibility index (Phi) is 5.36. The summed E-state index contributed by atoms with van der Waals surface area (Å²) in [6, 6.07) is 22.1. The van der Waals surface area contributed by atoms with Crippen molar-refractivity contribution in [2.24, 2.45) is 4.99 Å². The third-order valence-corrected chi connectivity index (χ3v) is 6.98. The molecule has 30 heavy (non-hydrogen) atoms. The molecule has 2 aliphatic rings. The van der Waals surface area contributed by atoms with Crippen molar-refractivity contribution in [1.29, 1.82) is 0 Å². The summed E-state index contributed by atoms with van der Waals surface area (Å²) >= 11 is 7.95. The minimum atomic E-state index is -0.0176. The number of aliphatic imine (C=N–C) groups is 1. The molecule has 1 aliphatic heterocycles. The molecule has 150 valence electrons. The van der Waals surface area contributed by atoms with E-state index in [2.05, 4.69) is 17.4 Å². The van der Waals surface area contributed by atoms with Crippen LogP contribution in [0.3, 0.4) is 0 Å². The highest BCUT2D eigenvalue weighted by Crippen LogP contribution is 2.41. The maximum Gasteiger partial charge on any atom is 0.251 e. The fourth-order valence-corrected chi connectivity index (χ4v) is 5.27. The quantitative estimate of drug-likeness (QED) is 0.394. The van der Waals surface area contributed by atoms with Crippen molar-refractivity contribution < 1.29 is 4.79 Å². The molecule has 1 heterocycles. The summed E-state index contributed by atoms with van der Waals surface area (Å²) in [4.78, 5) is 20.0. The van der Waals surface area contributed by atoms with Gasteiger partial charge >= 0.3 is 0 Å². The van der Waals surface area contributed by atoms with Crippen molar-refractivity contribution in [3.63, 3.8) is 0 Å². The van der Waals surface area contributed by atoms with Gasteiger partial charge in [-0.15, -0.1) is 0 Å². The lowest BCUT2D eigenvalue weighted by molar-refractivity contribution is 0.0938. The van der Waals surface area contributed by atoms with Gasteiger partial charge in [-0.05, 0) is 49.2 Å². The lowest BCUT2D eigenvalue weighted by Gasteiger charge is -2.13. The Labute approximate surface area is 185 Å². The first kappa shape index (κ1) is 19.4. The summed E-state index contributed by atoms with van der Waals surface area (Å²) in [6.45, 7) is 0. The number of fused-ring (bicyclic) bond motifs is 2. The summed E-state index contributed by atoms with van der Waals surface area (Å²) in [7, 11) is 0. The highest BCUT2D eigenvalue weighted by molar-refractivity contribution is 7.99. The maximum absolute atomic E-state index is 12.8. The molecular weight excluding hydrogens is 412 g/mol. The Morgan fingerprint density at radius 2 is 1.80 bits per heavy atom. The average molecular weight is 433 g/mol. The summed E-state index contributed by atoms with van der Waals surface area (Å²) < 4.78 is 0. The lowest BCUT2D eigenvalue weighted by Crippen LogP contribution is -2.32. The van der Waals surface area contributed by atoms with Gasteiger partial charge in [0, 0.05) is 37.5 Å². The Bertz CT molecular complexity index is 1150. The average Bonchev–Trinajstić information content (AvgIpc) is 3.20. The van der Waals surface area contributed by atoms with Crippen LogP contribution in [0.15, 0.2) is 81.5 Å². The number of carbonyl (C=O) groups is 1. The number of nitrogens with zero attached hydrogens (tertiary/aromatic N) is 1. The van der Waals surface area contributed by atoms with E-state index >= 15 is 0 Å². The third kappa shape index (κ3) is 3.90. The molecule has 1 N–H and O–H groups in total. The minimum Gasteiger partial charge on any atom is -0.349 e. The van der Waals surface area contributed by atoms with Gasteiger partial charge in [-0.2, -0.15) is 0 Å². The number of nitrogens with one attached hydrogen (secondary N) is 1. The SMILES string of the molecule is O=C(NC1CCCC1)c1ccc2c(c1)N=C(c1cccc(Cl)c1)c1ccccc1S2. The molecule has 1 fully saturated rings. The van der Waals surface area contributed by atoms with Crippen molar-refractivity contribution in [3.05, 3.63) is 88.4 Å². The van der Waals surface area contributed by atoms with Crippen molar-refractivity contribution in [3.8, 4) is 0 Å². The van der Waals surface area contributed by atoms with Gasteiger partial charge in [-0.1, -0.05) is 66.5 Å². The molecule has 0 saturated heterocycles. The molecule has 0 spiro atoms. The number of rotatable bonds is 3. The van der Waals surface area contributed by atoms with Gasteiger partial charge in [0.05, 0.1) is 11.4 Å². The maximum atomic E-state index is 12.8. The predicted molar refractivity (Wildman–Crippen MR) is 123 cm³/mol. The van der Waals surface area contributed by atoms with E-state index in [1.165, 1.54) is 12.8 Å². The Hall–Kier alpha value is -2.56. The van der Waals surface area contributed by atoms with Gasteiger partial charge in [0.15, 0.2) is 0 Å². The Morgan fingerprint density at radius 3 is 2.63 bits per heavy atom. The topological polar surface area (TPSA) is 41.5 Å². The number of hydrogen-bond acceptors (Lipinski definition) is 3. The first-order valence-corrected chi connectivity index (χ1v) is 11.4. The molecule has 0 unspecified atom stereocenters. The largest absolute Gasteiger partial charge is 0.349 e. The van der Waals surface area contributed by atoms with Gasteiger partial charge in [0.1, 0.15) is 0 Å². The fourth-order valence-electron chi connectivity index (χ4n) is 4.08. The number of benzene rings is 3. The van der Waals surface area contributed by atoms with Gasteiger partial charge in [0.2, 0.25) is 0 Å². The molecule has 0 atom stereocenters. The zero-order valence-corrected chi connectivity index (χ0v) is 18.0.